The van der Waals surface area contributed by atoms with E-state index in [1.165, 1.54) is 0 Å². The third-order valence-corrected chi connectivity index (χ3v) is 3.39. The van der Waals surface area contributed by atoms with Gasteiger partial charge >= 0.3 is 5.97 Å². The maximum Gasteiger partial charge on any atom is 0.340 e. The second kappa shape index (κ2) is 6.57. The van der Waals surface area contributed by atoms with Crippen LogP contribution in [0.1, 0.15) is 20.3 Å². The first-order chi connectivity index (χ1) is 9.67. The van der Waals surface area contributed by atoms with Crippen molar-refractivity contribution in [1.29, 1.82) is 0 Å². The van der Waals surface area contributed by atoms with Crippen LogP contribution in [0.15, 0.2) is 47.2 Å². The van der Waals surface area contributed by atoms with Crippen molar-refractivity contribution in [2.75, 3.05) is 13.7 Å². The molecule has 108 valence electrons. The number of nitrogens with one attached hydrogen (secondary N) is 1. The molecule has 2 atom stereocenters. The van der Waals surface area contributed by atoms with Crippen LogP contribution in [0.2, 0.25) is 0 Å². The Morgan fingerprint density at radius 3 is 2.85 bits per heavy atom. The lowest BCUT2D eigenvalue weighted by Gasteiger charge is -2.13. The van der Waals surface area contributed by atoms with Crippen LogP contribution >= 0.6 is 0 Å². The maximum atomic E-state index is 12.1. The number of fused-ring (bicyclic) bond motifs is 1. The number of allylic oxidation sites excluding steroid dienone is 3. The van der Waals surface area contributed by atoms with Crippen molar-refractivity contribution in [3.8, 4) is 0 Å². The van der Waals surface area contributed by atoms with E-state index in [1.54, 1.807) is 7.11 Å². The van der Waals surface area contributed by atoms with E-state index in [-0.39, 0.29) is 18.1 Å². The molecule has 2 aliphatic rings. The largest absolute Gasteiger partial charge is 0.462 e. The van der Waals surface area contributed by atoms with Crippen molar-refractivity contribution in [1.82, 2.24) is 5.32 Å². The van der Waals surface area contributed by atoms with Crippen molar-refractivity contribution >= 4 is 5.97 Å². The van der Waals surface area contributed by atoms with Crippen LogP contribution in [0.3, 0.4) is 0 Å². The molecule has 0 amide bonds. The minimum absolute atomic E-state index is 0.00644. The highest BCUT2D eigenvalue weighted by molar-refractivity contribution is 5.96. The Balaban J connectivity index is 2.39. The summed E-state index contributed by atoms with van der Waals surface area (Å²) in [6.07, 6.45) is 10.9. The highest BCUT2D eigenvalue weighted by Gasteiger charge is 2.31. The summed E-state index contributed by atoms with van der Waals surface area (Å²) in [7, 11) is 1.66. The van der Waals surface area contributed by atoms with Gasteiger partial charge in [-0.15, -0.1) is 0 Å². The van der Waals surface area contributed by atoms with Gasteiger partial charge in [-0.05, 0) is 31.9 Å². The van der Waals surface area contributed by atoms with Gasteiger partial charge < -0.3 is 14.8 Å². The highest BCUT2D eigenvalue weighted by Crippen LogP contribution is 2.28. The van der Waals surface area contributed by atoms with Crippen molar-refractivity contribution in [2.24, 2.45) is 0 Å². The lowest BCUT2D eigenvalue weighted by molar-refractivity contribution is -0.138. The molecule has 0 saturated heterocycles. The number of hydrogen-bond acceptors (Lipinski definition) is 4. The van der Waals surface area contributed by atoms with Crippen LogP contribution in [-0.2, 0) is 14.3 Å². The fourth-order valence-corrected chi connectivity index (χ4v) is 2.45. The third kappa shape index (κ3) is 3.02. The summed E-state index contributed by atoms with van der Waals surface area (Å²) >= 11 is 0. The van der Waals surface area contributed by atoms with Crippen molar-refractivity contribution in [3.63, 3.8) is 0 Å². The Morgan fingerprint density at radius 1 is 1.40 bits per heavy atom. The van der Waals surface area contributed by atoms with E-state index in [1.807, 2.05) is 26.0 Å². The molecule has 20 heavy (non-hydrogen) atoms. The molecule has 4 nitrogen and oxygen atoms in total. The summed E-state index contributed by atoms with van der Waals surface area (Å²) in [6, 6.07) is 0.00644. The van der Waals surface area contributed by atoms with Crippen molar-refractivity contribution < 1.29 is 14.3 Å². The normalized spacial score (nSPS) is 25.2. The SMILES string of the molecule is CCOC(=O)C1=C(C)NC2C=CCC=CC(OC)C=C12. The summed E-state index contributed by atoms with van der Waals surface area (Å²) in [6.45, 7) is 4.08. The van der Waals surface area contributed by atoms with E-state index in [9.17, 15) is 4.79 Å². The van der Waals surface area contributed by atoms with Gasteiger partial charge in [0, 0.05) is 12.8 Å². The number of carbonyl (C=O) groups excluding carboxylic acids is 1. The fraction of sp³-hybridized carbons (Fsp3) is 0.438. The first-order valence-corrected chi connectivity index (χ1v) is 6.90. The molecular weight excluding hydrogens is 254 g/mol. The number of hydrogen-bond donors (Lipinski definition) is 1. The molecule has 1 aliphatic carbocycles. The summed E-state index contributed by atoms with van der Waals surface area (Å²) in [5, 5.41) is 3.33. The molecule has 0 aromatic carbocycles. The number of esters is 1. The van der Waals surface area contributed by atoms with Gasteiger partial charge in [-0.3, -0.25) is 0 Å². The molecule has 2 unspecified atom stereocenters. The second-order valence-corrected chi connectivity index (χ2v) is 4.76. The summed E-state index contributed by atoms with van der Waals surface area (Å²) in [5.41, 5.74) is 2.40. The molecule has 0 spiro atoms. The molecule has 0 fully saturated rings. The van der Waals surface area contributed by atoms with E-state index in [0.29, 0.717) is 12.2 Å². The summed E-state index contributed by atoms with van der Waals surface area (Å²) in [4.78, 5) is 12.1. The molecule has 0 bridgehead atoms. The van der Waals surface area contributed by atoms with Gasteiger partial charge in [0.15, 0.2) is 0 Å². The lowest BCUT2D eigenvalue weighted by Crippen LogP contribution is -2.22. The molecule has 1 aliphatic heterocycles. The topological polar surface area (TPSA) is 47.6 Å². The Hall–Kier alpha value is -1.81. The Labute approximate surface area is 119 Å². The number of ether oxygens (including phenoxy) is 2. The predicted molar refractivity (Wildman–Crippen MR) is 78.0 cm³/mol. The zero-order chi connectivity index (χ0) is 14.5. The average Bonchev–Trinajstić information content (AvgIpc) is 2.76. The van der Waals surface area contributed by atoms with Gasteiger partial charge in [-0.1, -0.05) is 24.3 Å². The maximum absolute atomic E-state index is 12.1. The van der Waals surface area contributed by atoms with E-state index >= 15 is 0 Å². The van der Waals surface area contributed by atoms with Gasteiger partial charge in [0.1, 0.15) is 0 Å². The van der Waals surface area contributed by atoms with Gasteiger partial charge in [-0.25, -0.2) is 4.79 Å². The van der Waals surface area contributed by atoms with Gasteiger partial charge in [0.2, 0.25) is 0 Å². The third-order valence-electron chi connectivity index (χ3n) is 3.39. The molecule has 1 N–H and O–H groups in total. The predicted octanol–water partition coefficient (Wildman–Crippen LogP) is 2.25. The Bertz CT molecular complexity index is 500. The molecule has 1 heterocycles. The number of methoxy groups -OCH3 is 1. The molecule has 0 radical (unpaired) electrons. The van der Waals surface area contributed by atoms with Crippen LogP contribution in [0.4, 0.5) is 0 Å². The van der Waals surface area contributed by atoms with Crippen LogP contribution in [-0.4, -0.2) is 31.8 Å². The molecular formula is C16H21NO3. The zero-order valence-electron chi connectivity index (χ0n) is 12.2. The smallest absolute Gasteiger partial charge is 0.340 e. The molecule has 4 heteroatoms. The standard InChI is InChI=1S/C16H21NO3/c1-4-20-16(18)15-11(2)17-14-9-7-5-6-8-12(19-3)10-13(14)15/h6-10,12,14,17H,4-5H2,1-3H3. The fourth-order valence-electron chi connectivity index (χ4n) is 2.45. The van der Waals surface area contributed by atoms with Crippen LogP contribution < -0.4 is 5.32 Å². The highest BCUT2D eigenvalue weighted by atomic mass is 16.5. The molecule has 0 saturated carbocycles. The van der Waals surface area contributed by atoms with Crippen LogP contribution in [0.5, 0.6) is 0 Å². The summed E-state index contributed by atoms with van der Waals surface area (Å²) in [5.74, 6) is -0.280. The monoisotopic (exact) mass is 275 g/mol. The summed E-state index contributed by atoms with van der Waals surface area (Å²) < 4.78 is 10.6. The van der Waals surface area contributed by atoms with Gasteiger partial charge in [-0.2, -0.15) is 0 Å². The van der Waals surface area contributed by atoms with Crippen LogP contribution in [0, 0.1) is 0 Å². The van der Waals surface area contributed by atoms with E-state index in [4.69, 9.17) is 9.47 Å². The van der Waals surface area contributed by atoms with Gasteiger partial charge in [0.05, 0.1) is 24.3 Å². The number of carbonyl (C=O) groups is 1. The van der Waals surface area contributed by atoms with E-state index < -0.39 is 0 Å². The van der Waals surface area contributed by atoms with Gasteiger partial charge in [0.25, 0.3) is 0 Å². The zero-order valence-corrected chi connectivity index (χ0v) is 12.2. The van der Waals surface area contributed by atoms with E-state index in [2.05, 4.69) is 23.5 Å². The minimum atomic E-state index is -0.280. The van der Waals surface area contributed by atoms with Crippen molar-refractivity contribution in [2.45, 2.75) is 32.4 Å². The lowest BCUT2D eigenvalue weighted by atomic mass is 9.99. The first-order valence-electron chi connectivity index (χ1n) is 6.90. The van der Waals surface area contributed by atoms with E-state index in [0.717, 1.165) is 17.7 Å². The van der Waals surface area contributed by atoms with Crippen molar-refractivity contribution in [3.05, 3.63) is 47.2 Å². The minimum Gasteiger partial charge on any atom is -0.462 e. The average molecular weight is 275 g/mol. The Morgan fingerprint density at radius 2 is 2.15 bits per heavy atom. The number of rotatable bonds is 3. The molecule has 0 aromatic rings. The molecule has 0 aromatic heterocycles. The molecule has 2 rings (SSSR count). The first kappa shape index (κ1) is 14.6. The second-order valence-electron chi connectivity index (χ2n) is 4.76. The quantitative estimate of drug-likeness (QED) is 0.634. The van der Waals surface area contributed by atoms with Crippen LogP contribution in [0.25, 0.3) is 0 Å². The Kier molecular flexibility index (Phi) is 4.79.